The van der Waals surface area contributed by atoms with Crippen LogP contribution < -0.4 is 10.5 Å². The van der Waals surface area contributed by atoms with Gasteiger partial charge in [0, 0.05) is 6.08 Å². The first-order chi connectivity index (χ1) is 8.02. The molecule has 0 unspecified atom stereocenters. The van der Waals surface area contributed by atoms with Crippen molar-refractivity contribution in [2.45, 2.75) is 6.61 Å². The van der Waals surface area contributed by atoms with Gasteiger partial charge < -0.3 is 15.2 Å². The molecular weight excluding hydrogens is 246 g/mol. The van der Waals surface area contributed by atoms with E-state index < -0.39 is 12.1 Å². The van der Waals surface area contributed by atoms with Gasteiger partial charge in [-0.2, -0.15) is 0 Å². The van der Waals surface area contributed by atoms with Crippen molar-refractivity contribution in [2.24, 2.45) is 5.73 Å². The van der Waals surface area contributed by atoms with Crippen molar-refractivity contribution < 1.29 is 19.1 Å². The molecule has 17 heavy (non-hydrogen) atoms. The molecule has 2 N–H and O–H groups in total. The molecule has 0 aliphatic carbocycles. The van der Waals surface area contributed by atoms with Gasteiger partial charge in [0.05, 0.1) is 5.02 Å². The van der Waals surface area contributed by atoms with E-state index in [0.29, 0.717) is 5.56 Å². The Morgan fingerprint density at radius 3 is 2.71 bits per heavy atom. The summed E-state index contributed by atoms with van der Waals surface area (Å²) in [5, 5.41) is 0.228. The van der Waals surface area contributed by atoms with Gasteiger partial charge >= 0.3 is 12.1 Å². The predicted molar refractivity (Wildman–Crippen MR) is 61.7 cm³/mol. The second-order valence-corrected chi connectivity index (χ2v) is 3.40. The molecule has 0 radical (unpaired) electrons. The molecule has 90 valence electrons. The van der Waals surface area contributed by atoms with E-state index in [1.54, 1.807) is 6.07 Å². The Kier molecular flexibility index (Phi) is 4.54. The van der Waals surface area contributed by atoms with Crippen LogP contribution in [0, 0.1) is 0 Å². The van der Waals surface area contributed by atoms with Gasteiger partial charge in [0.1, 0.15) is 12.4 Å². The Balaban J connectivity index is 2.75. The van der Waals surface area contributed by atoms with Crippen LogP contribution in [0.3, 0.4) is 0 Å². The number of benzene rings is 1. The first-order valence-electron chi connectivity index (χ1n) is 4.58. The van der Waals surface area contributed by atoms with Crippen molar-refractivity contribution in [1.29, 1.82) is 0 Å². The second kappa shape index (κ2) is 5.91. The van der Waals surface area contributed by atoms with Gasteiger partial charge in [-0.15, -0.1) is 0 Å². The molecule has 0 atom stereocenters. The Morgan fingerprint density at radius 1 is 1.47 bits per heavy atom. The highest BCUT2D eigenvalue weighted by molar-refractivity contribution is 6.32. The third kappa shape index (κ3) is 4.16. The average molecular weight is 256 g/mol. The van der Waals surface area contributed by atoms with Crippen LogP contribution in [0.1, 0.15) is 5.56 Å². The molecule has 0 aliphatic heterocycles. The molecule has 0 bridgehead atoms. The Bertz CT molecular complexity index is 459. The normalized spacial score (nSPS) is 9.47. The fourth-order valence-electron chi connectivity index (χ4n) is 1.02. The van der Waals surface area contributed by atoms with E-state index in [-0.39, 0.29) is 17.4 Å². The number of ether oxygens (including phenoxy) is 2. The number of hydrogen-bond acceptors (Lipinski definition) is 4. The minimum atomic E-state index is -0.872. The first kappa shape index (κ1) is 13.1. The van der Waals surface area contributed by atoms with Crippen LogP contribution >= 0.6 is 11.6 Å². The zero-order valence-electron chi connectivity index (χ0n) is 8.81. The van der Waals surface area contributed by atoms with Crippen LogP contribution in [-0.4, -0.2) is 12.1 Å². The molecule has 0 spiro atoms. The molecule has 1 amide bonds. The summed E-state index contributed by atoms with van der Waals surface area (Å²) in [7, 11) is 0. The van der Waals surface area contributed by atoms with Gasteiger partial charge in [-0.1, -0.05) is 24.2 Å². The van der Waals surface area contributed by atoms with E-state index in [1.807, 2.05) is 0 Å². The van der Waals surface area contributed by atoms with Gasteiger partial charge in [0.2, 0.25) is 0 Å². The highest BCUT2D eigenvalue weighted by atomic mass is 35.5. The zero-order chi connectivity index (χ0) is 12.8. The highest BCUT2D eigenvalue weighted by Crippen LogP contribution is 2.25. The summed E-state index contributed by atoms with van der Waals surface area (Å²) in [6.07, 6.45) is 0.156. The number of amides is 1. The lowest BCUT2D eigenvalue weighted by Crippen LogP contribution is -2.12. The molecular formula is C11H10ClNO4. The Hall–Kier alpha value is -2.01. The molecule has 0 heterocycles. The lowest BCUT2D eigenvalue weighted by atomic mass is 10.2. The average Bonchev–Trinajstić information content (AvgIpc) is 2.29. The third-order valence-corrected chi connectivity index (χ3v) is 2.05. The van der Waals surface area contributed by atoms with Crippen LogP contribution in [0.25, 0.3) is 0 Å². The zero-order valence-corrected chi connectivity index (χ0v) is 9.57. The van der Waals surface area contributed by atoms with Crippen molar-refractivity contribution in [3.8, 4) is 5.75 Å². The Labute approximate surface area is 103 Å². The molecule has 1 rings (SSSR count). The molecule has 0 saturated heterocycles. The van der Waals surface area contributed by atoms with E-state index in [0.717, 1.165) is 6.08 Å². The maximum atomic E-state index is 10.9. The molecule has 0 saturated carbocycles. The fourth-order valence-corrected chi connectivity index (χ4v) is 1.26. The van der Waals surface area contributed by atoms with Crippen LogP contribution in [0.5, 0.6) is 5.75 Å². The van der Waals surface area contributed by atoms with E-state index in [2.05, 4.69) is 11.3 Å². The number of esters is 1. The summed E-state index contributed by atoms with van der Waals surface area (Å²) < 4.78 is 9.43. The summed E-state index contributed by atoms with van der Waals surface area (Å²) in [5.41, 5.74) is 5.45. The monoisotopic (exact) mass is 255 g/mol. The lowest BCUT2D eigenvalue weighted by molar-refractivity contribution is -0.128. The van der Waals surface area contributed by atoms with Crippen molar-refractivity contribution in [1.82, 2.24) is 0 Å². The van der Waals surface area contributed by atoms with Gasteiger partial charge in [0.15, 0.2) is 0 Å². The minimum Gasteiger partial charge on any atom is -0.445 e. The van der Waals surface area contributed by atoms with E-state index in [9.17, 15) is 9.59 Å². The van der Waals surface area contributed by atoms with Crippen LogP contribution in [0.15, 0.2) is 30.9 Å². The minimum absolute atomic E-state index is 0.00470. The molecule has 5 nitrogen and oxygen atoms in total. The highest BCUT2D eigenvalue weighted by Gasteiger charge is 2.07. The number of carbonyl (C=O) groups excluding carboxylic acids is 2. The van der Waals surface area contributed by atoms with E-state index in [4.69, 9.17) is 22.1 Å². The second-order valence-electron chi connectivity index (χ2n) is 3.00. The van der Waals surface area contributed by atoms with E-state index in [1.165, 1.54) is 12.1 Å². The summed E-state index contributed by atoms with van der Waals surface area (Å²) in [5.74, 6) is -0.396. The van der Waals surface area contributed by atoms with Crippen molar-refractivity contribution in [3.05, 3.63) is 41.4 Å². The standard InChI is InChI=1S/C11H10ClNO4/c1-2-10(14)17-9-4-3-7(5-8(9)12)6-16-11(13)15/h2-5H,1,6H2,(H2,13,15). The topological polar surface area (TPSA) is 78.6 Å². The molecule has 0 aromatic heterocycles. The number of rotatable bonds is 4. The molecule has 1 aromatic carbocycles. The number of carbonyl (C=O) groups is 2. The Morgan fingerprint density at radius 2 is 2.18 bits per heavy atom. The number of primary amides is 1. The summed E-state index contributed by atoms with van der Waals surface area (Å²) in [6, 6.07) is 4.60. The number of hydrogen-bond donors (Lipinski definition) is 1. The van der Waals surface area contributed by atoms with Crippen LogP contribution in [-0.2, 0) is 16.1 Å². The third-order valence-electron chi connectivity index (χ3n) is 1.75. The van der Waals surface area contributed by atoms with Gasteiger partial charge in [-0.25, -0.2) is 9.59 Å². The largest absolute Gasteiger partial charge is 0.445 e. The maximum Gasteiger partial charge on any atom is 0.404 e. The first-order valence-corrected chi connectivity index (χ1v) is 4.95. The number of nitrogens with two attached hydrogens (primary N) is 1. The van der Waals surface area contributed by atoms with E-state index >= 15 is 0 Å². The van der Waals surface area contributed by atoms with Gasteiger partial charge in [-0.3, -0.25) is 0 Å². The predicted octanol–water partition coefficient (Wildman–Crippen LogP) is 2.03. The van der Waals surface area contributed by atoms with Crippen LogP contribution in [0.2, 0.25) is 5.02 Å². The summed E-state index contributed by atoms with van der Waals surface area (Å²) in [6.45, 7) is 3.27. The maximum absolute atomic E-state index is 10.9. The summed E-state index contributed by atoms with van der Waals surface area (Å²) >= 11 is 5.86. The number of halogens is 1. The SMILES string of the molecule is C=CC(=O)Oc1ccc(COC(N)=O)cc1Cl. The summed E-state index contributed by atoms with van der Waals surface area (Å²) in [4.78, 5) is 21.3. The smallest absolute Gasteiger partial charge is 0.404 e. The van der Waals surface area contributed by atoms with Crippen LogP contribution in [0.4, 0.5) is 4.79 Å². The molecule has 0 fully saturated rings. The quantitative estimate of drug-likeness (QED) is 0.507. The fraction of sp³-hybridized carbons (Fsp3) is 0.0909. The molecule has 0 aliphatic rings. The van der Waals surface area contributed by atoms with Gasteiger partial charge in [-0.05, 0) is 17.7 Å². The van der Waals surface area contributed by atoms with Gasteiger partial charge in [0.25, 0.3) is 0 Å². The van der Waals surface area contributed by atoms with Crippen molar-refractivity contribution in [2.75, 3.05) is 0 Å². The van der Waals surface area contributed by atoms with Crippen molar-refractivity contribution in [3.63, 3.8) is 0 Å². The van der Waals surface area contributed by atoms with Crippen molar-refractivity contribution >= 4 is 23.7 Å². The molecule has 1 aromatic rings. The lowest BCUT2D eigenvalue weighted by Gasteiger charge is -2.06. The molecule has 6 heteroatoms.